The van der Waals surface area contributed by atoms with Crippen LogP contribution in [0.15, 0.2) is 0 Å². The summed E-state index contributed by atoms with van der Waals surface area (Å²) in [6.45, 7) is 7.27. The van der Waals surface area contributed by atoms with E-state index in [2.05, 4.69) is 13.8 Å². The summed E-state index contributed by atoms with van der Waals surface area (Å²) in [4.78, 5) is 0. The van der Waals surface area contributed by atoms with Gasteiger partial charge in [-0.3, -0.25) is 0 Å². The quantitative estimate of drug-likeness (QED) is 0.610. The Kier molecular flexibility index (Phi) is 16.6. The maximum absolute atomic E-state index is 3.64. The van der Waals surface area contributed by atoms with Crippen LogP contribution in [-0.2, 0) is 0 Å². The summed E-state index contributed by atoms with van der Waals surface area (Å²) in [5.41, 5.74) is 0. The van der Waals surface area contributed by atoms with Crippen molar-refractivity contribution in [2.24, 2.45) is 0 Å². The van der Waals surface area contributed by atoms with E-state index in [1.54, 1.807) is 0 Å². The van der Waals surface area contributed by atoms with Gasteiger partial charge in [-0.15, -0.1) is 6.42 Å². The molecule has 1 heteroatoms. The minimum Gasteiger partial charge on any atom is -0.343 e. The van der Waals surface area contributed by atoms with Gasteiger partial charge in [0, 0.05) is 41.7 Å². The van der Waals surface area contributed by atoms with Crippen LogP contribution >= 0.6 is 0 Å². The molecule has 0 radical (unpaired) electrons. The van der Waals surface area contributed by atoms with Gasteiger partial charge in [-0.05, 0) is 0 Å². The Morgan fingerprint density at radius 1 is 1.00 bits per heavy atom. The molecule has 6 heavy (non-hydrogen) atoms. The van der Waals surface area contributed by atoms with Crippen LogP contribution in [0.1, 0.15) is 19.3 Å². The topological polar surface area (TPSA) is 0 Å². The molecule has 0 atom stereocenters. The standard InChI is InChI=1S/C5H10.Ce/c1-3-5-4-2;/h1-5H2;/q-2;. The first-order valence-corrected chi connectivity index (χ1v) is 2.00. The fourth-order valence-electron chi connectivity index (χ4n) is 0.177. The molecule has 0 bridgehead atoms. The molecule has 0 amide bonds. The fraction of sp³-hybridized carbons (Fsp3) is 0.600. The predicted octanol–water partition coefficient (Wildman–Crippen LogP) is 1.82. The minimum atomic E-state index is 0. The number of hydrogen-bond donors (Lipinski definition) is 0. The Morgan fingerprint density at radius 3 is 1.33 bits per heavy atom. The SMILES string of the molecule is [CH2-]CCC[CH2-].[Ce]. The molecule has 0 aliphatic carbocycles. The number of rotatable bonds is 2. The van der Waals surface area contributed by atoms with Gasteiger partial charge in [-0.1, -0.05) is 0 Å². The zero-order chi connectivity index (χ0) is 4.12. The van der Waals surface area contributed by atoms with Crippen LogP contribution in [0.25, 0.3) is 0 Å². The Labute approximate surface area is 74.1 Å². The number of hydrogen-bond acceptors (Lipinski definition) is 0. The molecule has 0 unspecified atom stereocenters. The average molecular weight is 210 g/mol. The summed E-state index contributed by atoms with van der Waals surface area (Å²) < 4.78 is 0. The van der Waals surface area contributed by atoms with Crippen molar-refractivity contribution in [1.82, 2.24) is 0 Å². The first-order valence-electron chi connectivity index (χ1n) is 2.00. The van der Waals surface area contributed by atoms with E-state index in [1.165, 1.54) is 6.42 Å². The first kappa shape index (κ1) is 10.4. The normalized spacial score (nSPS) is 7.00. The predicted molar refractivity (Wildman–Crippen MR) is 24.6 cm³/mol. The summed E-state index contributed by atoms with van der Waals surface area (Å²) >= 11 is 0. The molecule has 0 saturated heterocycles. The molecule has 0 aromatic rings. The third-order valence-electron chi connectivity index (χ3n) is 0.500. The molecule has 0 aromatic heterocycles. The Morgan fingerprint density at radius 2 is 1.33 bits per heavy atom. The van der Waals surface area contributed by atoms with Crippen molar-refractivity contribution in [3.63, 3.8) is 0 Å². The van der Waals surface area contributed by atoms with Crippen LogP contribution in [0.3, 0.4) is 0 Å². The van der Waals surface area contributed by atoms with Crippen LogP contribution in [-0.4, -0.2) is 0 Å². The van der Waals surface area contributed by atoms with Gasteiger partial charge in [0.05, 0.1) is 0 Å². The molecule has 36 valence electrons. The fourth-order valence-corrected chi connectivity index (χ4v) is 0.177. The van der Waals surface area contributed by atoms with E-state index in [0.717, 1.165) is 12.8 Å². The van der Waals surface area contributed by atoms with Crippen LogP contribution < -0.4 is 0 Å². The molecule has 0 N–H and O–H groups in total. The van der Waals surface area contributed by atoms with Crippen molar-refractivity contribution in [1.29, 1.82) is 0 Å². The van der Waals surface area contributed by atoms with Crippen molar-refractivity contribution in [3.05, 3.63) is 13.8 Å². The molecule has 0 aliphatic rings. The van der Waals surface area contributed by atoms with E-state index in [-0.39, 0.29) is 41.7 Å². The van der Waals surface area contributed by atoms with Crippen molar-refractivity contribution >= 4 is 0 Å². The van der Waals surface area contributed by atoms with Gasteiger partial charge < -0.3 is 13.8 Å². The van der Waals surface area contributed by atoms with E-state index in [9.17, 15) is 0 Å². The van der Waals surface area contributed by atoms with Gasteiger partial charge in [0.1, 0.15) is 0 Å². The van der Waals surface area contributed by atoms with Crippen molar-refractivity contribution in [2.45, 2.75) is 19.3 Å². The van der Waals surface area contributed by atoms with Crippen LogP contribution in [0.5, 0.6) is 0 Å². The van der Waals surface area contributed by atoms with E-state index < -0.39 is 0 Å². The van der Waals surface area contributed by atoms with Crippen LogP contribution in [0.2, 0.25) is 0 Å². The van der Waals surface area contributed by atoms with Crippen LogP contribution in [0.4, 0.5) is 0 Å². The summed E-state index contributed by atoms with van der Waals surface area (Å²) in [6.07, 6.45) is 3.23. The van der Waals surface area contributed by atoms with E-state index in [1.807, 2.05) is 0 Å². The Balaban J connectivity index is 0. The van der Waals surface area contributed by atoms with E-state index in [4.69, 9.17) is 0 Å². The molecule has 0 rings (SSSR count). The zero-order valence-corrected chi connectivity index (χ0v) is 7.18. The molecule has 0 spiro atoms. The molecule has 0 saturated carbocycles. The molecule has 0 nitrogen and oxygen atoms in total. The molecular weight excluding hydrogens is 200 g/mol. The molecular formula is C5H10Ce-2. The van der Waals surface area contributed by atoms with Crippen LogP contribution in [0, 0.1) is 55.6 Å². The van der Waals surface area contributed by atoms with Gasteiger partial charge >= 0.3 is 0 Å². The summed E-state index contributed by atoms with van der Waals surface area (Å²) in [6, 6.07) is 0. The Bertz CT molecular complexity index is 11.4. The minimum absolute atomic E-state index is 0. The molecule has 0 fully saturated rings. The van der Waals surface area contributed by atoms with Crippen molar-refractivity contribution in [3.8, 4) is 0 Å². The first-order chi connectivity index (χ1) is 2.41. The van der Waals surface area contributed by atoms with Gasteiger partial charge in [0.15, 0.2) is 0 Å². The van der Waals surface area contributed by atoms with E-state index in [0.29, 0.717) is 0 Å². The smallest absolute Gasteiger partial charge is 0 e. The monoisotopic (exact) mass is 210 g/mol. The third-order valence-corrected chi connectivity index (χ3v) is 0.500. The summed E-state index contributed by atoms with van der Waals surface area (Å²) in [5.74, 6) is 0. The zero-order valence-electron chi connectivity index (χ0n) is 4.04. The van der Waals surface area contributed by atoms with Crippen molar-refractivity contribution in [2.75, 3.05) is 0 Å². The second-order valence-electron chi connectivity index (χ2n) is 1.06. The Hall–Kier alpha value is 1.38. The largest absolute Gasteiger partial charge is 0.343 e. The van der Waals surface area contributed by atoms with Gasteiger partial charge in [-0.25, -0.2) is 0 Å². The molecule has 0 aromatic carbocycles. The van der Waals surface area contributed by atoms with E-state index >= 15 is 0 Å². The molecule has 0 heterocycles. The van der Waals surface area contributed by atoms with Crippen molar-refractivity contribution < 1.29 is 41.7 Å². The summed E-state index contributed by atoms with van der Waals surface area (Å²) in [5, 5.41) is 0. The maximum Gasteiger partial charge on any atom is 0 e. The third kappa shape index (κ3) is 9.03. The van der Waals surface area contributed by atoms with Gasteiger partial charge in [0.25, 0.3) is 0 Å². The maximum atomic E-state index is 3.64. The molecule has 0 aliphatic heterocycles. The number of unbranched alkanes of at least 4 members (excludes halogenated alkanes) is 2. The summed E-state index contributed by atoms with van der Waals surface area (Å²) in [7, 11) is 0. The second kappa shape index (κ2) is 9.62. The second-order valence-corrected chi connectivity index (χ2v) is 1.06. The van der Waals surface area contributed by atoms with Gasteiger partial charge in [0.2, 0.25) is 0 Å². The van der Waals surface area contributed by atoms with Gasteiger partial charge in [-0.2, -0.15) is 12.8 Å². The average Bonchev–Trinajstić information content (AvgIpc) is 1.41.